The third-order valence-corrected chi connectivity index (χ3v) is 4.01. The molecule has 2 aromatic heterocycles. The van der Waals surface area contributed by atoms with Gasteiger partial charge in [0, 0.05) is 18.3 Å². The molecule has 0 bridgehead atoms. The van der Waals surface area contributed by atoms with Crippen molar-refractivity contribution < 1.29 is 9.90 Å². The lowest BCUT2D eigenvalue weighted by Crippen LogP contribution is -2.19. The summed E-state index contributed by atoms with van der Waals surface area (Å²) >= 11 is 0. The van der Waals surface area contributed by atoms with Crippen molar-refractivity contribution in [1.29, 1.82) is 0 Å². The lowest BCUT2D eigenvalue weighted by molar-refractivity contribution is -0.111. The van der Waals surface area contributed by atoms with Gasteiger partial charge >= 0.3 is 0 Å². The maximum atomic E-state index is 12.6. The van der Waals surface area contributed by atoms with Crippen LogP contribution in [-0.2, 0) is 11.2 Å². The number of nitrogens with zero attached hydrogens (tertiary/aromatic N) is 2. The zero-order chi connectivity index (χ0) is 15.8. The van der Waals surface area contributed by atoms with Gasteiger partial charge in [0.1, 0.15) is 22.7 Å². The van der Waals surface area contributed by atoms with Gasteiger partial charge in [-0.1, -0.05) is 24.3 Å². The van der Waals surface area contributed by atoms with Crippen molar-refractivity contribution in [2.45, 2.75) is 12.8 Å². The van der Waals surface area contributed by atoms with Crippen LogP contribution in [0.2, 0.25) is 0 Å². The Balaban J connectivity index is 1.78. The number of para-hydroxylation sites is 1. The van der Waals surface area contributed by atoms with Gasteiger partial charge < -0.3 is 14.8 Å². The van der Waals surface area contributed by atoms with Gasteiger partial charge in [-0.3, -0.25) is 4.79 Å². The summed E-state index contributed by atoms with van der Waals surface area (Å²) in [5.74, 6) is -0.243. The number of aliphatic hydroxyl groups excluding tert-OH is 1. The minimum absolute atomic E-state index is 0.0920. The Hall–Kier alpha value is -3.08. The van der Waals surface area contributed by atoms with Crippen molar-refractivity contribution in [2.75, 3.05) is 5.32 Å². The van der Waals surface area contributed by atoms with Crippen LogP contribution in [0.4, 0.5) is 5.69 Å². The predicted molar refractivity (Wildman–Crippen MR) is 88.1 cm³/mol. The van der Waals surface area contributed by atoms with Crippen LogP contribution < -0.4 is 5.32 Å². The fourth-order valence-electron chi connectivity index (χ4n) is 2.94. The fraction of sp³-hybridized carbons (Fsp3) is 0.111. The van der Waals surface area contributed by atoms with Crippen molar-refractivity contribution in [2.24, 2.45) is 0 Å². The largest absolute Gasteiger partial charge is 0.511 e. The van der Waals surface area contributed by atoms with Crippen molar-refractivity contribution in [3.8, 4) is 0 Å². The number of nitrogens with one attached hydrogen (secondary N) is 1. The van der Waals surface area contributed by atoms with Crippen LogP contribution in [0.1, 0.15) is 17.8 Å². The Kier molecular flexibility index (Phi) is 3.12. The molecule has 1 amide bonds. The molecule has 0 atom stereocenters. The van der Waals surface area contributed by atoms with Crippen LogP contribution in [0, 0.1) is 0 Å². The van der Waals surface area contributed by atoms with Crippen molar-refractivity contribution >= 4 is 22.8 Å². The van der Waals surface area contributed by atoms with E-state index in [2.05, 4.69) is 10.3 Å². The Morgan fingerprint density at radius 2 is 1.87 bits per heavy atom. The minimum Gasteiger partial charge on any atom is -0.511 e. The summed E-state index contributed by atoms with van der Waals surface area (Å²) in [6.07, 6.45) is 3.03. The van der Waals surface area contributed by atoms with E-state index in [9.17, 15) is 9.90 Å². The molecule has 0 fully saturated rings. The molecule has 2 heterocycles. The molecule has 3 aromatic rings. The number of aromatic nitrogens is 2. The minimum atomic E-state index is -0.335. The van der Waals surface area contributed by atoms with Crippen LogP contribution in [0.3, 0.4) is 0 Å². The van der Waals surface area contributed by atoms with Crippen molar-refractivity contribution in [3.63, 3.8) is 0 Å². The molecule has 0 saturated carbocycles. The van der Waals surface area contributed by atoms with Crippen LogP contribution >= 0.6 is 0 Å². The molecule has 1 aromatic carbocycles. The lowest BCUT2D eigenvalue weighted by Gasteiger charge is -2.16. The second kappa shape index (κ2) is 5.28. The number of amides is 1. The number of carbonyl (C=O) groups excluding carboxylic acids is 1. The average Bonchev–Trinajstić information content (AvgIpc) is 2.93. The first-order valence-electron chi connectivity index (χ1n) is 7.49. The first-order chi connectivity index (χ1) is 11.2. The number of imidazole rings is 1. The van der Waals surface area contributed by atoms with Gasteiger partial charge in [0.05, 0.1) is 5.69 Å². The molecule has 114 valence electrons. The smallest absolute Gasteiger partial charge is 0.261 e. The Labute approximate surface area is 132 Å². The lowest BCUT2D eigenvalue weighted by atomic mass is 9.97. The summed E-state index contributed by atoms with van der Waals surface area (Å²) in [4.78, 5) is 17.2. The average molecular weight is 305 g/mol. The van der Waals surface area contributed by atoms with E-state index in [1.807, 2.05) is 59.1 Å². The number of allylic oxidation sites excluding steroid dienone is 1. The molecule has 5 heteroatoms. The third kappa shape index (κ3) is 2.26. The molecule has 0 spiro atoms. The molecule has 1 aliphatic carbocycles. The van der Waals surface area contributed by atoms with Gasteiger partial charge in [0.25, 0.3) is 5.91 Å². The van der Waals surface area contributed by atoms with Crippen molar-refractivity contribution in [3.05, 3.63) is 71.9 Å². The van der Waals surface area contributed by atoms with Gasteiger partial charge in [-0.15, -0.1) is 0 Å². The molecular formula is C18H15N3O2. The first-order valence-corrected chi connectivity index (χ1v) is 7.49. The number of fused-ring (bicyclic) bond motifs is 3. The zero-order valence-corrected chi connectivity index (χ0v) is 12.4. The second-order valence-electron chi connectivity index (χ2n) is 5.48. The standard InChI is InChI=1S/C18H15N3O2/c22-14-10-9-13-17(20-15-8-4-5-11-21(13)15)16(14)18(23)19-12-6-2-1-3-7-12/h1-8,11,22H,9-10H2,(H,19,23). The molecule has 4 rings (SSSR count). The number of rotatable bonds is 2. The SMILES string of the molecule is O=C(Nc1ccccc1)C1=C(O)CCc2c1nc1ccccn21. The van der Waals surface area contributed by atoms with Crippen LogP contribution in [0.15, 0.2) is 60.5 Å². The Morgan fingerprint density at radius 3 is 2.70 bits per heavy atom. The highest BCUT2D eigenvalue weighted by Gasteiger charge is 2.28. The molecule has 5 nitrogen and oxygen atoms in total. The highest BCUT2D eigenvalue weighted by Crippen LogP contribution is 2.31. The van der Waals surface area contributed by atoms with Crippen LogP contribution in [-0.4, -0.2) is 20.4 Å². The summed E-state index contributed by atoms with van der Waals surface area (Å²) < 4.78 is 1.97. The number of benzene rings is 1. The molecule has 0 aliphatic heterocycles. The highest BCUT2D eigenvalue weighted by atomic mass is 16.3. The molecular weight excluding hydrogens is 290 g/mol. The number of pyridine rings is 1. The summed E-state index contributed by atoms with van der Waals surface area (Å²) in [5.41, 5.74) is 3.25. The first kappa shape index (κ1) is 13.6. The Bertz CT molecular complexity index is 926. The number of aliphatic hydroxyl groups is 1. The van der Waals surface area contributed by atoms with E-state index in [4.69, 9.17) is 0 Å². The van der Waals surface area contributed by atoms with Crippen molar-refractivity contribution in [1.82, 2.24) is 9.38 Å². The number of aryl methyl sites for hydroxylation is 1. The maximum absolute atomic E-state index is 12.6. The summed E-state index contributed by atoms with van der Waals surface area (Å²) in [6, 6.07) is 14.9. The van der Waals surface area contributed by atoms with E-state index in [1.54, 1.807) is 0 Å². The molecule has 0 saturated heterocycles. The normalized spacial score (nSPS) is 13.9. The van der Waals surface area contributed by atoms with Crippen LogP contribution in [0.25, 0.3) is 11.2 Å². The van der Waals surface area contributed by atoms with E-state index in [1.165, 1.54) is 0 Å². The topological polar surface area (TPSA) is 66.6 Å². The van der Waals surface area contributed by atoms with Gasteiger partial charge in [-0.25, -0.2) is 4.98 Å². The molecule has 0 unspecified atom stereocenters. The third-order valence-electron chi connectivity index (χ3n) is 4.01. The monoisotopic (exact) mass is 305 g/mol. The molecule has 23 heavy (non-hydrogen) atoms. The summed E-state index contributed by atoms with van der Waals surface area (Å²) in [5, 5.41) is 13.1. The highest BCUT2D eigenvalue weighted by molar-refractivity contribution is 6.25. The zero-order valence-electron chi connectivity index (χ0n) is 12.4. The number of carbonyl (C=O) groups is 1. The fourth-order valence-corrected chi connectivity index (χ4v) is 2.94. The molecule has 2 N–H and O–H groups in total. The predicted octanol–water partition coefficient (Wildman–Crippen LogP) is 3.19. The molecule has 0 radical (unpaired) electrons. The van der Waals surface area contributed by atoms with Crippen LogP contribution in [0.5, 0.6) is 0 Å². The van der Waals surface area contributed by atoms with E-state index in [0.29, 0.717) is 24.2 Å². The number of anilines is 1. The van der Waals surface area contributed by atoms with Gasteiger partial charge in [-0.2, -0.15) is 0 Å². The maximum Gasteiger partial charge on any atom is 0.261 e. The Morgan fingerprint density at radius 1 is 1.09 bits per heavy atom. The molecule has 1 aliphatic rings. The van der Waals surface area contributed by atoms with E-state index >= 15 is 0 Å². The van der Waals surface area contributed by atoms with Gasteiger partial charge in [0.2, 0.25) is 0 Å². The van der Waals surface area contributed by atoms with Gasteiger partial charge in [-0.05, 0) is 30.7 Å². The number of hydrogen-bond acceptors (Lipinski definition) is 3. The number of hydrogen-bond donors (Lipinski definition) is 2. The van der Waals surface area contributed by atoms with E-state index in [-0.39, 0.29) is 17.2 Å². The second-order valence-corrected chi connectivity index (χ2v) is 5.48. The summed E-state index contributed by atoms with van der Waals surface area (Å²) in [7, 11) is 0. The quantitative estimate of drug-likeness (QED) is 0.764. The van der Waals surface area contributed by atoms with E-state index in [0.717, 1.165) is 11.3 Å². The van der Waals surface area contributed by atoms with E-state index < -0.39 is 0 Å². The summed E-state index contributed by atoms with van der Waals surface area (Å²) in [6.45, 7) is 0. The van der Waals surface area contributed by atoms with Gasteiger partial charge in [0.15, 0.2) is 0 Å².